The van der Waals surface area contributed by atoms with Crippen molar-refractivity contribution < 1.29 is 0 Å². The SMILES string of the molecule is CC(C)CC1(CNC2CCCC(C)(C)CC2)CCCC1. The summed E-state index contributed by atoms with van der Waals surface area (Å²) in [5.74, 6) is 0.850. The molecule has 0 radical (unpaired) electrons. The maximum absolute atomic E-state index is 3.99. The van der Waals surface area contributed by atoms with Crippen molar-refractivity contribution in [2.24, 2.45) is 16.7 Å². The molecule has 20 heavy (non-hydrogen) atoms. The maximum atomic E-state index is 3.99. The van der Waals surface area contributed by atoms with Crippen molar-refractivity contribution in [2.75, 3.05) is 6.54 Å². The van der Waals surface area contributed by atoms with Gasteiger partial charge in [-0.05, 0) is 61.7 Å². The molecular formula is C19H37N. The Morgan fingerprint density at radius 3 is 2.30 bits per heavy atom. The Hall–Kier alpha value is -0.0400. The summed E-state index contributed by atoms with van der Waals surface area (Å²) >= 11 is 0. The van der Waals surface area contributed by atoms with Crippen molar-refractivity contribution in [1.82, 2.24) is 5.32 Å². The molecule has 2 fully saturated rings. The van der Waals surface area contributed by atoms with E-state index in [0.717, 1.165) is 12.0 Å². The van der Waals surface area contributed by atoms with Crippen LogP contribution in [0.15, 0.2) is 0 Å². The first-order valence-corrected chi connectivity index (χ1v) is 9.14. The van der Waals surface area contributed by atoms with E-state index in [0.29, 0.717) is 10.8 Å². The molecule has 0 aromatic heterocycles. The van der Waals surface area contributed by atoms with Crippen LogP contribution in [0.5, 0.6) is 0 Å². The summed E-state index contributed by atoms with van der Waals surface area (Å²) in [5, 5.41) is 3.99. The fourth-order valence-corrected chi connectivity index (χ4v) is 4.67. The molecule has 0 aromatic carbocycles. The number of rotatable bonds is 5. The summed E-state index contributed by atoms with van der Waals surface area (Å²) in [4.78, 5) is 0. The van der Waals surface area contributed by atoms with Crippen LogP contribution in [0.4, 0.5) is 0 Å². The second kappa shape index (κ2) is 6.81. The van der Waals surface area contributed by atoms with Gasteiger partial charge in [-0.1, -0.05) is 47.0 Å². The first-order chi connectivity index (χ1) is 9.41. The fraction of sp³-hybridized carbons (Fsp3) is 1.00. The monoisotopic (exact) mass is 279 g/mol. The molecule has 0 aliphatic heterocycles. The highest BCUT2D eigenvalue weighted by Gasteiger charge is 2.35. The van der Waals surface area contributed by atoms with Gasteiger partial charge in [0.15, 0.2) is 0 Å². The van der Waals surface area contributed by atoms with Crippen LogP contribution in [0.1, 0.15) is 91.9 Å². The Balaban J connectivity index is 1.83. The van der Waals surface area contributed by atoms with Crippen LogP contribution >= 0.6 is 0 Å². The van der Waals surface area contributed by atoms with Gasteiger partial charge in [0.2, 0.25) is 0 Å². The third-order valence-electron chi connectivity index (χ3n) is 5.85. The van der Waals surface area contributed by atoms with Crippen LogP contribution < -0.4 is 5.32 Å². The smallest absolute Gasteiger partial charge is 0.00675 e. The van der Waals surface area contributed by atoms with E-state index in [9.17, 15) is 0 Å². The number of nitrogens with one attached hydrogen (secondary N) is 1. The minimum absolute atomic E-state index is 0.583. The van der Waals surface area contributed by atoms with Crippen LogP contribution in [-0.2, 0) is 0 Å². The summed E-state index contributed by atoms with van der Waals surface area (Å²) in [5.41, 5.74) is 1.22. The van der Waals surface area contributed by atoms with E-state index in [1.807, 2.05) is 0 Å². The van der Waals surface area contributed by atoms with Crippen molar-refractivity contribution in [3.63, 3.8) is 0 Å². The van der Waals surface area contributed by atoms with E-state index < -0.39 is 0 Å². The van der Waals surface area contributed by atoms with E-state index in [-0.39, 0.29) is 0 Å². The van der Waals surface area contributed by atoms with Crippen molar-refractivity contribution in [2.45, 2.75) is 97.9 Å². The lowest BCUT2D eigenvalue weighted by molar-refractivity contribution is 0.210. The first-order valence-electron chi connectivity index (χ1n) is 9.14. The number of hydrogen-bond acceptors (Lipinski definition) is 1. The lowest BCUT2D eigenvalue weighted by Crippen LogP contribution is -2.39. The summed E-state index contributed by atoms with van der Waals surface area (Å²) in [6, 6.07) is 0.793. The van der Waals surface area contributed by atoms with Gasteiger partial charge in [0.1, 0.15) is 0 Å². The Bertz CT molecular complexity index is 286. The molecule has 0 heterocycles. The predicted molar refractivity (Wildman–Crippen MR) is 89.0 cm³/mol. The summed E-state index contributed by atoms with van der Waals surface area (Å²) in [6.07, 6.45) is 14.3. The van der Waals surface area contributed by atoms with Crippen LogP contribution in [0.2, 0.25) is 0 Å². The molecule has 2 rings (SSSR count). The van der Waals surface area contributed by atoms with Gasteiger partial charge in [0.05, 0.1) is 0 Å². The molecule has 0 aromatic rings. The van der Waals surface area contributed by atoms with Crippen molar-refractivity contribution in [3.8, 4) is 0 Å². The van der Waals surface area contributed by atoms with Gasteiger partial charge in [0.25, 0.3) is 0 Å². The molecule has 0 amide bonds. The third-order valence-corrected chi connectivity index (χ3v) is 5.85. The average molecular weight is 280 g/mol. The van der Waals surface area contributed by atoms with Crippen molar-refractivity contribution >= 4 is 0 Å². The fourth-order valence-electron chi connectivity index (χ4n) is 4.67. The summed E-state index contributed by atoms with van der Waals surface area (Å²) in [6.45, 7) is 11.0. The molecule has 1 nitrogen and oxygen atoms in total. The second-order valence-electron chi connectivity index (χ2n) is 8.98. The van der Waals surface area contributed by atoms with Crippen LogP contribution in [-0.4, -0.2) is 12.6 Å². The van der Waals surface area contributed by atoms with E-state index in [2.05, 4.69) is 33.0 Å². The molecule has 2 saturated carbocycles. The van der Waals surface area contributed by atoms with E-state index in [4.69, 9.17) is 0 Å². The van der Waals surface area contributed by atoms with Gasteiger partial charge in [-0.2, -0.15) is 0 Å². The van der Waals surface area contributed by atoms with Gasteiger partial charge < -0.3 is 5.32 Å². The minimum atomic E-state index is 0.583. The van der Waals surface area contributed by atoms with E-state index >= 15 is 0 Å². The lowest BCUT2D eigenvalue weighted by Gasteiger charge is -2.33. The highest BCUT2D eigenvalue weighted by Crippen LogP contribution is 2.43. The Labute approximate surface area is 127 Å². The van der Waals surface area contributed by atoms with Gasteiger partial charge in [-0.3, -0.25) is 0 Å². The maximum Gasteiger partial charge on any atom is 0.00675 e. The molecule has 0 bridgehead atoms. The molecule has 2 aliphatic carbocycles. The Kier molecular flexibility index (Phi) is 5.56. The summed E-state index contributed by atoms with van der Waals surface area (Å²) in [7, 11) is 0. The van der Waals surface area contributed by atoms with Gasteiger partial charge in [-0.15, -0.1) is 0 Å². The van der Waals surface area contributed by atoms with Gasteiger partial charge in [-0.25, -0.2) is 0 Å². The quantitative estimate of drug-likeness (QED) is 0.651. The van der Waals surface area contributed by atoms with E-state index in [1.165, 1.54) is 70.8 Å². The molecule has 1 unspecified atom stereocenters. The highest BCUT2D eigenvalue weighted by atomic mass is 14.9. The topological polar surface area (TPSA) is 12.0 Å². The van der Waals surface area contributed by atoms with Crippen LogP contribution in [0.25, 0.3) is 0 Å². The van der Waals surface area contributed by atoms with E-state index in [1.54, 1.807) is 0 Å². The second-order valence-corrected chi connectivity index (χ2v) is 8.98. The first kappa shape index (κ1) is 16.3. The van der Waals surface area contributed by atoms with Gasteiger partial charge in [0, 0.05) is 12.6 Å². The molecule has 1 N–H and O–H groups in total. The molecule has 0 spiro atoms. The van der Waals surface area contributed by atoms with Crippen LogP contribution in [0, 0.1) is 16.7 Å². The van der Waals surface area contributed by atoms with Crippen LogP contribution in [0.3, 0.4) is 0 Å². The van der Waals surface area contributed by atoms with Crippen molar-refractivity contribution in [1.29, 1.82) is 0 Å². The Morgan fingerprint density at radius 1 is 0.950 bits per heavy atom. The normalized spacial score (nSPS) is 29.6. The predicted octanol–water partition coefficient (Wildman–Crippen LogP) is 5.54. The average Bonchev–Trinajstić information content (AvgIpc) is 2.72. The molecule has 118 valence electrons. The largest absolute Gasteiger partial charge is 0.313 e. The molecule has 2 aliphatic rings. The highest BCUT2D eigenvalue weighted by molar-refractivity contribution is 4.89. The molecular weight excluding hydrogens is 242 g/mol. The zero-order chi connectivity index (χ0) is 14.6. The van der Waals surface area contributed by atoms with Gasteiger partial charge >= 0.3 is 0 Å². The Morgan fingerprint density at radius 2 is 1.65 bits per heavy atom. The third kappa shape index (κ3) is 4.76. The standard InChI is InChI=1S/C19H37N/c1-16(2)14-19(11-5-6-12-19)15-20-17-8-7-10-18(3,4)13-9-17/h16-17,20H,5-15H2,1-4H3. The van der Waals surface area contributed by atoms with Crippen molar-refractivity contribution in [3.05, 3.63) is 0 Å². The number of hydrogen-bond donors (Lipinski definition) is 1. The lowest BCUT2D eigenvalue weighted by atomic mass is 9.78. The summed E-state index contributed by atoms with van der Waals surface area (Å²) < 4.78 is 0. The molecule has 1 heteroatoms. The minimum Gasteiger partial charge on any atom is -0.313 e. The molecule has 0 saturated heterocycles. The zero-order valence-corrected chi connectivity index (χ0v) is 14.4. The zero-order valence-electron chi connectivity index (χ0n) is 14.4. The molecule has 1 atom stereocenters.